The van der Waals surface area contributed by atoms with E-state index >= 15 is 4.39 Å². The molecule has 1 N–H and O–H groups in total. The molecule has 0 radical (unpaired) electrons. The molecule has 0 bridgehead atoms. The monoisotopic (exact) mass is 716 g/mol. The molecule has 2 amide bonds. The lowest BCUT2D eigenvalue weighted by Crippen LogP contribution is -2.49. The van der Waals surface area contributed by atoms with Gasteiger partial charge in [-0.2, -0.15) is 0 Å². The van der Waals surface area contributed by atoms with Crippen molar-refractivity contribution in [2.24, 2.45) is 0 Å². The minimum absolute atomic E-state index is 0.0869. The van der Waals surface area contributed by atoms with E-state index in [2.05, 4.69) is 20.3 Å². The number of aromatic amines is 1. The Balaban J connectivity index is 1.20. The fourth-order valence-corrected chi connectivity index (χ4v) is 6.83. The number of pyridine rings is 1. The number of aryl methyl sites for hydroxylation is 1. The van der Waals surface area contributed by atoms with Crippen LogP contribution in [0.3, 0.4) is 0 Å². The number of piperazine rings is 1. The number of anilines is 1. The lowest BCUT2D eigenvalue weighted by atomic mass is 9.92. The number of rotatable bonds is 9. The molecule has 7 rings (SSSR count). The number of nitrogens with one attached hydrogen (secondary N) is 1. The Labute approximate surface area is 297 Å². The van der Waals surface area contributed by atoms with E-state index in [9.17, 15) is 14.0 Å². The maximum Gasteiger partial charge on any atom is 0.270 e. The number of hydrogen-bond donors (Lipinski definition) is 1. The van der Waals surface area contributed by atoms with E-state index in [1.54, 1.807) is 64.4 Å². The number of aromatic nitrogens is 5. The van der Waals surface area contributed by atoms with Crippen LogP contribution in [-0.2, 0) is 11.3 Å². The third kappa shape index (κ3) is 6.83. The second kappa shape index (κ2) is 14.4. The van der Waals surface area contributed by atoms with E-state index in [1.807, 2.05) is 11.0 Å². The van der Waals surface area contributed by atoms with Crippen LogP contribution in [0.25, 0.3) is 27.6 Å². The molecule has 2 aliphatic heterocycles. The molecular weight excluding hydrogens is 682 g/mol. The highest BCUT2D eigenvalue weighted by Gasteiger charge is 2.29. The number of halogens is 3. The van der Waals surface area contributed by atoms with Crippen LogP contribution in [0.4, 0.5) is 14.6 Å². The Bertz CT molecular complexity index is 2130. The summed E-state index contributed by atoms with van der Waals surface area (Å²) in [5, 5.41) is 8.60. The van der Waals surface area contributed by atoms with E-state index < -0.39 is 11.6 Å². The van der Waals surface area contributed by atoms with Gasteiger partial charge in [0, 0.05) is 86.7 Å². The molecule has 0 aliphatic carbocycles. The van der Waals surface area contributed by atoms with Gasteiger partial charge < -0.3 is 29.2 Å². The Hall–Kier alpha value is -5.50. The molecule has 51 heavy (non-hydrogen) atoms. The molecule has 0 spiro atoms. The van der Waals surface area contributed by atoms with Gasteiger partial charge in [0.15, 0.2) is 17.4 Å². The third-order valence-corrected chi connectivity index (χ3v) is 9.51. The van der Waals surface area contributed by atoms with Crippen LogP contribution >= 0.6 is 11.6 Å². The topological polar surface area (TPSA) is 122 Å². The van der Waals surface area contributed by atoms with Crippen LogP contribution in [0, 0.1) is 11.6 Å². The number of carbonyl (C=O) groups excluding carboxylic acids is 2. The van der Waals surface area contributed by atoms with Crippen LogP contribution < -0.4 is 14.4 Å². The predicted octanol–water partition coefficient (Wildman–Crippen LogP) is 5.44. The fourth-order valence-electron chi connectivity index (χ4n) is 6.68. The zero-order valence-corrected chi connectivity index (χ0v) is 28.8. The first kappa shape index (κ1) is 34.0. The number of methoxy groups -OCH3 is 2. The van der Waals surface area contributed by atoms with Gasteiger partial charge in [-0.1, -0.05) is 22.9 Å². The number of fused-ring (bicyclic) bond motifs is 1. The van der Waals surface area contributed by atoms with Crippen molar-refractivity contribution in [3.8, 4) is 22.6 Å². The lowest BCUT2D eigenvalue weighted by molar-refractivity contribution is -0.131. The minimum atomic E-state index is -0.553. The summed E-state index contributed by atoms with van der Waals surface area (Å²) in [7, 11) is 2.99. The second-order valence-corrected chi connectivity index (χ2v) is 12.7. The summed E-state index contributed by atoms with van der Waals surface area (Å²) in [4.78, 5) is 40.0. The van der Waals surface area contributed by atoms with E-state index in [1.165, 1.54) is 19.2 Å². The largest absolute Gasteiger partial charge is 0.496 e. The van der Waals surface area contributed by atoms with E-state index in [0.29, 0.717) is 84.4 Å². The normalized spacial score (nSPS) is 14.9. The summed E-state index contributed by atoms with van der Waals surface area (Å²) in [6, 6.07) is 9.17. The number of carbonyl (C=O) groups is 2. The van der Waals surface area contributed by atoms with Crippen molar-refractivity contribution in [2.75, 3.05) is 58.4 Å². The predicted molar refractivity (Wildman–Crippen MR) is 188 cm³/mol. The zero-order valence-electron chi connectivity index (χ0n) is 28.0. The molecule has 12 nitrogen and oxygen atoms in total. The van der Waals surface area contributed by atoms with Gasteiger partial charge in [-0.25, -0.2) is 13.8 Å². The minimum Gasteiger partial charge on any atom is -0.496 e. The second-order valence-electron chi connectivity index (χ2n) is 12.3. The summed E-state index contributed by atoms with van der Waals surface area (Å²) in [5.41, 5.74) is 2.31. The van der Waals surface area contributed by atoms with Gasteiger partial charge in [0.2, 0.25) is 5.91 Å². The van der Waals surface area contributed by atoms with Gasteiger partial charge in [0.25, 0.3) is 5.91 Å². The van der Waals surface area contributed by atoms with Crippen LogP contribution in [0.15, 0.2) is 61.1 Å². The molecule has 1 fully saturated rings. The van der Waals surface area contributed by atoms with Gasteiger partial charge in [0.05, 0.1) is 37.5 Å². The van der Waals surface area contributed by atoms with Crippen molar-refractivity contribution in [2.45, 2.75) is 19.4 Å². The number of amides is 2. The van der Waals surface area contributed by atoms with E-state index in [4.69, 9.17) is 21.1 Å². The molecule has 15 heteroatoms. The highest BCUT2D eigenvalue weighted by Crippen LogP contribution is 2.40. The molecule has 0 saturated carbocycles. The maximum absolute atomic E-state index is 16.7. The van der Waals surface area contributed by atoms with Crippen molar-refractivity contribution in [1.82, 2.24) is 34.8 Å². The standard InChI is InChI=1S/C36H35ClF2N8O4/c1-50-30-17-24(38)5-6-25(30)27-18-26(22-4-3-9-46(21-22)32(48)7-10-47-11-8-41-43-47)33(39)34-28(27)19-29(42-34)36(49)45-14-12-44(13-15-45)35-31(51-2)16-23(37)20-40-35/h4-6,8,11,16-20,42H,3,7,9-10,12-15,21H2,1-2H3. The molecule has 5 aromatic rings. The van der Waals surface area contributed by atoms with Crippen molar-refractivity contribution in [3.05, 3.63) is 89.0 Å². The van der Waals surface area contributed by atoms with Gasteiger partial charge in [-0.3, -0.25) is 14.3 Å². The molecule has 2 aromatic carbocycles. The average Bonchev–Trinajstić information content (AvgIpc) is 3.85. The van der Waals surface area contributed by atoms with Gasteiger partial charge in [0.1, 0.15) is 17.3 Å². The maximum atomic E-state index is 16.7. The van der Waals surface area contributed by atoms with Gasteiger partial charge >= 0.3 is 0 Å². The van der Waals surface area contributed by atoms with Crippen LogP contribution in [0.1, 0.15) is 28.9 Å². The van der Waals surface area contributed by atoms with Crippen molar-refractivity contribution in [1.29, 1.82) is 0 Å². The van der Waals surface area contributed by atoms with Crippen LogP contribution in [0.2, 0.25) is 5.02 Å². The molecule has 1 saturated heterocycles. The lowest BCUT2D eigenvalue weighted by Gasteiger charge is -2.35. The number of benzene rings is 2. The summed E-state index contributed by atoms with van der Waals surface area (Å²) < 4.78 is 43.6. The first-order chi connectivity index (χ1) is 24.7. The Kier molecular flexibility index (Phi) is 9.58. The van der Waals surface area contributed by atoms with Crippen molar-refractivity contribution >= 4 is 45.7 Å². The summed E-state index contributed by atoms with van der Waals surface area (Å²) in [5.74, 6) is 0.0206. The highest BCUT2D eigenvalue weighted by atomic mass is 35.5. The third-order valence-electron chi connectivity index (χ3n) is 9.30. The smallest absolute Gasteiger partial charge is 0.270 e. The Morgan fingerprint density at radius 3 is 2.49 bits per heavy atom. The summed E-state index contributed by atoms with van der Waals surface area (Å²) in [6.45, 7) is 2.85. The first-order valence-corrected chi connectivity index (χ1v) is 16.9. The van der Waals surface area contributed by atoms with Gasteiger partial charge in [-0.05, 0) is 41.8 Å². The number of nitrogens with zero attached hydrogens (tertiary/aromatic N) is 7. The van der Waals surface area contributed by atoms with Crippen molar-refractivity contribution < 1.29 is 27.8 Å². The van der Waals surface area contributed by atoms with Crippen LogP contribution in [-0.4, -0.2) is 100 Å². The molecule has 264 valence electrons. The molecule has 3 aromatic heterocycles. The van der Waals surface area contributed by atoms with Crippen molar-refractivity contribution in [3.63, 3.8) is 0 Å². The van der Waals surface area contributed by atoms with Gasteiger partial charge in [-0.15, -0.1) is 5.10 Å². The quantitative estimate of drug-likeness (QED) is 0.214. The molecule has 5 heterocycles. The zero-order chi connectivity index (χ0) is 35.6. The average molecular weight is 717 g/mol. The van der Waals surface area contributed by atoms with E-state index in [-0.39, 0.29) is 47.3 Å². The summed E-state index contributed by atoms with van der Waals surface area (Å²) >= 11 is 6.10. The first-order valence-electron chi connectivity index (χ1n) is 16.5. The summed E-state index contributed by atoms with van der Waals surface area (Å²) in [6.07, 6.45) is 7.48. The Morgan fingerprint density at radius 2 is 1.75 bits per heavy atom. The van der Waals surface area contributed by atoms with E-state index in [0.717, 1.165) is 0 Å². The fraction of sp³-hybridized carbons (Fsp3) is 0.306. The number of H-pyrrole nitrogens is 1. The SMILES string of the molecule is COc1cc(F)ccc1-c1cc(C2=CCCN(C(=O)CCn3ccnn3)C2)c(F)c2[nH]c(C(=O)N3CCN(c4ncc(Cl)cc4OC)CC3)cc12. The number of hydrogen-bond acceptors (Lipinski definition) is 8. The Morgan fingerprint density at radius 1 is 0.941 bits per heavy atom. The molecule has 0 unspecified atom stereocenters. The molecule has 2 aliphatic rings. The molecular formula is C36H35ClF2N8O4. The number of ether oxygens (including phenoxy) is 2. The van der Waals surface area contributed by atoms with Crippen LogP contribution in [0.5, 0.6) is 11.5 Å². The highest BCUT2D eigenvalue weighted by molar-refractivity contribution is 6.30. The molecule has 0 atom stereocenters.